The highest BCUT2D eigenvalue weighted by Crippen LogP contribution is 2.28. The predicted octanol–water partition coefficient (Wildman–Crippen LogP) is 3.39. The fourth-order valence-corrected chi connectivity index (χ4v) is 4.32. The van der Waals surface area contributed by atoms with Crippen molar-refractivity contribution in [1.29, 1.82) is 0 Å². The third-order valence-corrected chi connectivity index (χ3v) is 5.86. The van der Waals surface area contributed by atoms with Crippen LogP contribution < -0.4 is 10.6 Å². The van der Waals surface area contributed by atoms with Crippen LogP contribution in [0.4, 0.5) is 9.93 Å². The zero-order valence-corrected chi connectivity index (χ0v) is 17.5. The molecule has 1 aliphatic heterocycles. The number of amides is 3. The van der Waals surface area contributed by atoms with Crippen LogP contribution in [0.3, 0.4) is 0 Å². The maximum Gasteiger partial charge on any atom is 0.317 e. The lowest BCUT2D eigenvalue weighted by Crippen LogP contribution is -2.42. The van der Waals surface area contributed by atoms with Crippen molar-refractivity contribution in [2.45, 2.75) is 32.7 Å². The molecule has 2 aromatic heterocycles. The van der Waals surface area contributed by atoms with Gasteiger partial charge in [-0.2, -0.15) is 0 Å². The minimum Gasteiger partial charge on any atom is -0.361 e. The van der Waals surface area contributed by atoms with Gasteiger partial charge in [-0.1, -0.05) is 46.8 Å². The lowest BCUT2D eigenvalue weighted by atomic mass is 10.1. The van der Waals surface area contributed by atoms with E-state index in [9.17, 15) is 9.59 Å². The minimum atomic E-state index is -0.356. The van der Waals surface area contributed by atoms with E-state index in [0.717, 1.165) is 23.4 Å². The quantitative estimate of drug-likeness (QED) is 0.590. The molecule has 9 heteroatoms. The molecule has 3 heterocycles. The Morgan fingerprint density at radius 2 is 2.10 bits per heavy atom. The number of aromatic nitrogens is 2. The summed E-state index contributed by atoms with van der Waals surface area (Å²) >= 11 is 1.39. The smallest absolute Gasteiger partial charge is 0.317 e. The molecule has 0 aliphatic carbocycles. The van der Waals surface area contributed by atoms with Crippen LogP contribution in [-0.2, 0) is 19.4 Å². The number of nitrogens with one attached hydrogen (secondary N) is 2. The lowest BCUT2D eigenvalue weighted by Gasteiger charge is -2.26. The van der Waals surface area contributed by atoms with Gasteiger partial charge in [0.1, 0.15) is 5.76 Å². The fourth-order valence-electron chi connectivity index (χ4n) is 3.30. The number of rotatable bonds is 6. The largest absolute Gasteiger partial charge is 0.361 e. The Hall–Kier alpha value is -3.20. The van der Waals surface area contributed by atoms with Gasteiger partial charge in [0.25, 0.3) is 5.91 Å². The Balaban J connectivity index is 1.27. The third kappa shape index (κ3) is 4.85. The van der Waals surface area contributed by atoms with Gasteiger partial charge in [0, 0.05) is 30.5 Å². The molecule has 0 bridgehead atoms. The Morgan fingerprint density at radius 1 is 1.27 bits per heavy atom. The molecule has 2 N–H and O–H groups in total. The average molecular weight is 426 g/mol. The molecule has 0 atom stereocenters. The SMILES string of the molecule is Cc1cc(C(=O)Nc2nc3c(s2)CN(C(=O)NCCCc2ccccc2)CC3)no1. The molecule has 0 unspecified atom stereocenters. The molecular weight excluding hydrogens is 402 g/mol. The molecule has 3 aromatic rings. The summed E-state index contributed by atoms with van der Waals surface area (Å²) in [5.41, 5.74) is 2.42. The Morgan fingerprint density at radius 3 is 2.87 bits per heavy atom. The van der Waals surface area contributed by atoms with Gasteiger partial charge < -0.3 is 14.7 Å². The van der Waals surface area contributed by atoms with Crippen LogP contribution in [0.1, 0.15) is 38.8 Å². The first-order chi connectivity index (χ1) is 14.6. The molecule has 30 heavy (non-hydrogen) atoms. The second kappa shape index (κ2) is 9.08. The first-order valence-electron chi connectivity index (χ1n) is 9.88. The first kappa shape index (κ1) is 20.1. The lowest BCUT2D eigenvalue weighted by molar-refractivity contribution is 0.101. The molecule has 0 saturated heterocycles. The summed E-state index contributed by atoms with van der Waals surface area (Å²) in [5.74, 6) is 0.218. The molecule has 0 radical (unpaired) electrons. The van der Waals surface area contributed by atoms with Crippen molar-refractivity contribution in [3.05, 3.63) is 64.0 Å². The number of anilines is 1. The summed E-state index contributed by atoms with van der Waals surface area (Å²) < 4.78 is 4.93. The van der Waals surface area contributed by atoms with Crippen LogP contribution in [0.2, 0.25) is 0 Å². The second-order valence-electron chi connectivity index (χ2n) is 7.16. The van der Waals surface area contributed by atoms with Gasteiger partial charge in [0.05, 0.1) is 12.2 Å². The van der Waals surface area contributed by atoms with Gasteiger partial charge >= 0.3 is 6.03 Å². The van der Waals surface area contributed by atoms with Crippen LogP contribution in [0.15, 0.2) is 40.9 Å². The molecule has 0 spiro atoms. The summed E-state index contributed by atoms with van der Waals surface area (Å²) in [7, 11) is 0. The molecule has 1 aromatic carbocycles. The highest BCUT2D eigenvalue weighted by Gasteiger charge is 2.25. The van der Waals surface area contributed by atoms with E-state index in [-0.39, 0.29) is 17.6 Å². The molecule has 4 rings (SSSR count). The molecule has 0 fully saturated rings. The van der Waals surface area contributed by atoms with E-state index in [0.29, 0.717) is 36.9 Å². The standard InChI is InChI=1S/C21H23N5O3S/c1-14-12-17(25-29-14)19(27)24-20-23-16-9-11-26(13-18(16)30-20)21(28)22-10-5-8-15-6-3-2-4-7-15/h2-4,6-7,12H,5,8-11,13H2,1H3,(H,22,28)(H,23,24,27). The van der Waals surface area contributed by atoms with Crippen LogP contribution in [0, 0.1) is 6.92 Å². The molecule has 8 nitrogen and oxygen atoms in total. The summed E-state index contributed by atoms with van der Waals surface area (Å²) in [5, 5.41) is 9.98. The van der Waals surface area contributed by atoms with Crippen LogP contribution in [-0.4, -0.2) is 40.1 Å². The molecule has 3 amide bonds. The van der Waals surface area contributed by atoms with E-state index in [1.54, 1.807) is 17.9 Å². The first-order valence-corrected chi connectivity index (χ1v) is 10.7. The van der Waals surface area contributed by atoms with E-state index in [1.165, 1.54) is 16.9 Å². The number of fused-ring (bicyclic) bond motifs is 1. The summed E-state index contributed by atoms with van der Waals surface area (Å²) in [6, 6.07) is 11.8. The van der Waals surface area contributed by atoms with Gasteiger partial charge in [0.15, 0.2) is 10.8 Å². The maximum absolute atomic E-state index is 12.5. The normalized spacial score (nSPS) is 13.0. The van der Waals surface area contributed by atoms with E-state index < -0.39 is 0 Å². The maximum atomic E-state index is 12.5. The summed E-state index contributed by atoms with van der Waals surface area (Å²) in [6.07, 6.45) is 2.50. The Labute approximate surface area is 178 Å². The monoisotopic (exact) mass is 425 g/mol. The predicted molar refractivity (Wildman–Crippen MR) is 114 cm³/mol. The van der Waals surface area contributed by atoms with Gasteiger partial charge in [-0.15, -0.1) is 0 Å². The van der Waals surface area contributed by atoms with Crippen molar-refractivity contribution in [1.82, 2.24) is 20.4 Å². The van der Waals surface area contributed by atoms with E-state index in [2.05, 4.69) is 32.9 Å². The zero-order chi connectivity index (χ0) is 20.9. The highest BCUT2D eigenvalue weighted by atomic mass is 32.1. The summed E-state index contributed by atoms with van der Waals surface area (Å²) in [6.45, 7) is 3.47. The van der Waals surface area contributed by atoms with E-state index in [4.69, 9.17) is 4.52 Å². The van der Waals surface area contributed by atoms with Crippen molar-refractivity contribution >= 4 is 28.4 Å². The number of urea groups is 1. The van der Waals surface area contributed by atoms with Crippen molar-refractivity contribution in [2.24, 2.45) is 0 Å². The number of aryl methyl sites for hydroxylation is 2. The fraction of sp³-hybridized carbons (Fsp3) is 0.333. The van der Waals surface area contributed by atoms with Gasteiger partial charge in [0.2, 0.25) is 0 Å². The van der Waals surface area contributed by atoms with E-state index >= 15 is 0 Å². The van der Waals surface area contributed by atoms with E-state index in [1.807, 2.05) is 18.2 Å². The van der Waals surface area contributed by atoms with Gasteiger partial charge in [-0.05, 0) is 25.3 Å². The zero-order valence-electron chi connectivity index (χ0n) is 16.7. The molecule has 0 saturated carbocycles. The second-order valence-corrected chi connectivity index (χ2v) is 8.24. The van der Waals surface area contributed by atoms with Crippen molar-refractivity contribution < 1.29 is 14.1 Å². The Kier molecular flexibility index (Phi) is 6.08. The number of nitrogens with zero attached hydrogens (tertiary/aromatic N) is 3. The summed E-state index contributed by atoms with van der Waals surface area (Å²) in [4.78, 5) is 32.0. The van der Waals surface area contributed by atoms with Crippen LogP contribution >= 0.6 is 11.3 Å². The molecular formula is C21H23N5O3S. The number of hydrogen-bond acceptors (Lipinski definition) is 6. The van der Waals surface area contributed by atoms with Crippen molar-refractivity contribution in [3.63, 3.8) is 0 Å². The van der Waals surface area contributed by atoms with Crippen molar-refractivity contribution in [2.75, 3.05) is 18.4 Å². The van der Waals surface area contributed by atoms with Crippen LogP contribution in [0.5, 0.6) is 0 Å². The number of hydrogen-bond donors (Lipinski definition) is 2. The van der Waals surface area contributed by atoms with Crippen molar-refractivity contribution in [3.8, 4) is 0 Å². The van der Waals surface area contributed by atoms with Gasteiger partial charge in [-0.25, -0.2) is 9.78 Å². The third-order valence-electron chi connectivity index (χ3n) is 4.86. The molecule has 156 valence electrons. The Bertz CT molecular complexity index is 1030. The number of benzene rings is 1. The van der Waals surface area contributed by atoms with Gasteiger partial charge in [-0.3, -0.25) is 10.1 Å². The van der Waals surface area contributed by atoms with Crippen LogP contribution in [0.25, 0.3) is 0 Å². The average Bonchev–Trinajstić information content (AvgIpc) is 3.36. The minimum absolute atomic E-state index is 0.0641. The number of carbonyl (C=O) groups excluding carboxylic acids is 2. The number of carbonyl (C=O) groups is 2. The topological polar surface area (TPSA) is 100 Å². The highest BCUT2D eigenvalue weighted by molar-refractivity contribution is 7.15. The number of thiazole rings is 1. The molecule has 1 aliphatic rings.